The van der Waals surface area contributed by atoms with E-state index < -0.39 is 0 Å². The molecule has 0 atom stereocenters. The van der Waals surface area contributed by atoms with Crippen molar-refractivity contribution in [3.63, 3.8) is 0 Å². The molecule has 0 aromatic heterocycles. The van der Waals surface area contributed by atoms with Crippen LogP contribution < -0.4 is 20.2 Å². The summed E-state index contributed by atoms with van der Waals surface area (Å²) >= 11 is 11.8. The normalized spacial score (nSPS) is 10.6. The predicted molar refractivity (Wildman–Crippen MR) is 125 cm³/mol. The third-order valence-corrected chi connectivity index (χ3v) is 4.90. The molecule has 0 aliphatic heterocycles. The number of carbonyl (C=O) groups is 2. The Morgan fingerprint density at radius 2 is 1.75 bits per heavy atom. The second-order valence-corrected chi connectivity index (χ2v) is 7.26. The molecule has 7 nitrogen and oxygen atoms in total. The Labute approximate surface area is 194 Å². The molecule has 32 heavy (non-hydrogen) atoms. The molecule has 3 rings (SSSR count). The number of halogens is 2. The molecule has 164 valence electrons. The Hall–Kier alpha value is -3.55. The zero-order valence-electron chi connectivity index (χ0n) is 17.0. The summed E-state index contributed by atoms with van der Waals surface area (Å²) in [6.45, 7) is -0.239. The van der Waals surface area contributed by atoms with E-state index in [0.29, 0.717) is 38.4 Å². The molecule has 2 amide bonds. The largest absolute Gasteiger partial charge is 0.493 e. The van der Waals surface area contributed by atoms with Gasteiger partial charge in [-0.25, -0.2) is 5.43 Å². The SMILES string of the molecule is COc1cc(C=NNC(=O)c2ccccc2)ccc1OCC(=O)Nc1ccc(Cl)c(Cl)c1. The van der Waals surface area contributed by atoms with Gasteiger partial charge in [0.1, 0.15) is 0 Å². The van der Waals surface area contributed by atoms with E-state index in [1.54, 1.807) is 60.7 Å². The number of carbonyl (C=O) groups excluding carboxylic acids is 2. The highest BCUT2D eigenvalue weighted by atomic mass is 35.5. The first kappa shape index (κ1) is 23.1. The van der Waals surface area contributed by atoms with E-state index >= 15 is 0 Å². The number of amides is 2. The Morgan fingerprint density at radius 3 is 2.47 bits per heavy atom. The number of ether oxygens (including phenoxy) is 2. The lowest BCUT2D eigenvalue weighted by molar-refractivity contribution is -0.118. The van der Waals surface area contributed by atoms with Crippen LogP contribution in [-0.4, -0.2) is 31.7 Å². The third-order valence-electron chi connectivity index (χ3n) is 4.17. The van der Waals surface area contributed by atoms with Crippen LogP contribution in [0.3, 0.4) is 0 Å². The summed E-state index contributed by atoms with van der Waals surface area (Å²) in [7, 11) is 1.48. The molecule has 0 heterocycles. The van der Waals surface area contributed by atoms with Crippen molar-refractivity contribution in [3.8, 4) is 11.5 Å². The summed E-state index contributed by atoms with van der Waals surface area (Å²) in [4.78, 5) is 24.2. The van der Waals surface area contributed by atoms with Gasteiger partial charge in [0.15, 0.2) is 18.1 Å². The first-order valence-electron chi connectivity index (χ1n) is 9.40. The summed E-state index contributed by atoms with van der Waals surface area (Å²) in [6.07, 6.45) is 1.48. The Bertz CT molecular complexity index is 1140. The molecule has 0 fully saturated rings. The van der Waals surface area contributed by atoms with Crippen molar-refractivity contribution in [1.82, 2.24) is 5.43 Å². The lowest BCUT2D eigenvalue weighted by Crippen LogP contribution is -2.20. The smallest absolute Gasteiger partial charge is 0.271 e. The number of hydrogen-bond acceptors (Lipinski definition) is 5. The van der Waals surface area contributed by atoms with Crippen molar-refractivity contribution in [2.75, 3.05) is 19.0 Å². The van der Waals surface area contributed by atoms with Gasteiger partial charge in [-0.05, 0) is 54.1 Å². The maximum absolute atomic E-state index is 12.2. The first-order chi connectivity index (χ1) is 15.5. The fraction of sp³-hybridized carbons (Fsp3) is 0.0870. The molecule has 0 radical (unpaired) electrons. The number of hydrazone groups is 1. The fourth-order valence-electron chi connectivity index (χ4n) is 2.62. The van der Waals surface area contributed by atoms with Crippen molar-refractivity contribution in [2.24, 2.45) is 5.10 Å². The molecule has 0 aliphatic carbocycles. The van der Waals surface area contributed by atoms with Crippen molar-refractivity contribution in [2.45, 2.75) is 0 Å². The van der Waals surface area contributed by atoms with E-state index in [1.165, 1.54) is 13.3 Å². The Balaban J connectivity index is 1.56. The van der Waals surface area contributed by atoms with Crippen LogP contribution in [0.15, 0.2) is 71.8 Å². The van der Waals surface area contributed by atoms with E-state index in [4.69, 9.17) is 32.7 Å². The van der Waals surface area contributed by atoms with E-state index in [-0.39, 0.29) is 18.4 Å². The highest BCUT2D eigenvalue weighted by Crippen LogP contribution is 2.28. The van der Waals surface area contributed by atoms with E-state index in [2.05, 4.69) is 15.8 Å². The van der Waals surface area contributed by atoms with Gasteiger partial charge in [-0.3, -0.25) is 9.59 Å². The summed E-state index contributed by atoms with van der Waals surface area (Å²) in [5.41, 5.74) is 4.14. The number of methoxy groups -OCH3 is 1. The quantitative estimate of drug-likeness (QED) is 0.365. The van der Waals surface area contributed by atoms with Crippen LogP contribution in [0.1, 0.15) is 15.9 Å². The highest BCUT2D eigenvalue weighted by molar-refractivity contribution is 6.42. The van der Waals surface area contributed by atoms with Crippen LogP contribution in [0.4, 0.5) is 5.69 Å². The van der Waals surface area contributed by atoms with Crippen LogP contribution in [-0.2, 0) is 4.79 Å². The second-order valence-electron chi connectivity index (χ2n) is 6.44. The van der Waals surface area contributed by atoms with Gasteiger partial charge in [0.2, 0.25) is 0 Å². The molecule has 2 N–H and O–H groups in total. The van der Waals surface area contributed by atoms with Crippen molar-refractivity contribution >= 4 is 46.9 Å². The Morgan fingerprint density at radius 1 is 0.969 bits per heavy atom. The molecule has 9 heteroatoms. The molecule has 3 aromatic rings. The van der Waals surface area contributed by atoms with E-state index in [0.717, 1.165) is 0 Å². The van der Waals surface area contributed by atoms with Gasteiger partial charge in [0.25, 0.3) is 11.8 Å². The molecule has 0 unspecified atom stereocenters. The standard InChI is InChI=1S/C23H19Cl2N3O4/c1-31-21-11-15(13-26-28-23(30)16-5-3-2-4-6-16)7-10-20(21)32-14-22(29)27-17-8-9-18(24)19(25)12-17/h2-13H,14H2,1H3,(H,27,29)(H,28,30). The van der Waals surface area contributed by atoms with Gasteiger partial charge in [-0.2, -0.15) is 5.10 Å². The lowest BCUT2D eigenvalue weighted by atomic mass is 10.2. The summed E-state index contributed by atoms with van der Waals surface area (Å²) in [5.74, 6) is 0.0920. The van der Waals surface area contributed by atoms with Crippen molar-refractivity contribution < 1.29 is 19.1 Å². The van der Waals surface area contributed by atoms with Crippen LogP contribution >= 0.6 is 23.2 Å². The number of benzene rings is 3. The minimum atomic E-state index is -0.375. The average Bonchev–Trinajstić information content (AvgIpc) is 2.81. The molecular formula is C23H19Cl2N3O4. The topological polar surface area (TPSA) is 89.0 Å². The maximum Gasteiger partial charge on any atom is 0.271 e. The molecule has 0 aliphatic rings. The average molecular weight is 472 g/mol. The zero-order chi connectivity index (χ0) is 22.9. The predicted octanol–water partition coefficient (Wildman–Crippen LogP) is 4.78. The first-order valence-corrected chi connectivity index (χ1v) is 10.2. The second kappa shape index (κ2) is 11.2. The number of nitrogens with one attached hydrogen (secondary N) is 2. The van der Waals surface area contributed by atoms with E-state index in [1.807, 2.05) is 6.07 Å². The molecule has 0 saturated carbocycles. The minimum absolute atomic E-state index is 0.239. The van der Waals surface area contributed by atoms with Gasteiger partial charge >= 0.3 is 0 Å². The molecule has 0 bridgehead atoms. The third kappa shape index (κ3) is 6.47. The monoisotopic (exact) mass is 471 g/mol. The highest BCUT2D eigenvalue weighted by Gasteiger charge is 2.10. The number of rotatable bonds is 8. The molecule has 3 aromatic carbocycles. The van der Waals surface area contributed by atoms with Gasteiger partial charge in [-0.15, -0.1) is 0 Å². The number of anilines is 1. The lowest BCUT2D eigenvalue weighted by Gasteiger charge is -2.11. The molecule has 0 spiro atoms. The molecular weight excluding hydrogens is 453 g/mol. The number of hydrogen-bond donors (Lipinski definition) is 2. The van der Waals surface area contributed by atoms with Crippen molar-refractivity contribution in [3.05, 3.63) is 87.9 Å². The van der Waals surface area contributed by atoms with Gasteiger partial charge in [0.05, 0.1) is 23.4 Å². The maximum atomic E-state index is 12.2. The molecule has 0 saturated heterocycles. The van der Waals surface area contributed by atoms with Crippen LogP contribution in [0.5, 0.6) is 11.5 Å². The van der Waals surface area contributed by atoms with E-state index in [9.17, 15) is 9.59 Å². The fourth-order valence-corrected chi connectivity index (χ4v) is 2.92. The van der Waals surface area contributed by atoms with Crippen molar-refractivity contribution in [1.29, 1.82) is 0 Å². The van der Waals surface area contributed by atoms with Crippen LogP contribution in [0.25, 0.3) is 0 Å². The zero-order valence-corrected chi connectivity index (χ0v) is 18.5. The minimum Gasteiger partial charge on any atom is -0.493 e. The van der Waals surface area contributed by atoms with Crippen LogP contribution in [0, 0.1) is 0 Å². The van der Waals surface area contributed by atoms with Gasteiger partial charge in [-0.1, -0.05) is 41.4 Å². The number of nitrogens with zero attached hydrogens (tertiary/aromatic N) is 1. The van der Waals surface area contributed by atoms with Gasteiger partial charge < -0.3 is 14.8 Å². The van der Waals surface area contributed by atoms with Gasteiger partial charge in [0, 0.05) is 11.3 Å². The summed E-state index contributed by atoms with van der Waals surface area (Å²) < 4.78 is 10.9. The van der Waals surface area contributed by atoms with Crippen LogP contribution in [0.2, 0.25) is 10.0 Å². The summed E-state index contributed by atoms with van der Waals surface area (Å²) in [5, 5.41) is 7.36. The summed E-state index contributed by atoms with van der Waals surface area (Å²) in [6, 6.07) is 18.6. The Kier molecular flexibility index (Phi) is 8.08.